The molecule has 1 N–H and O–H groups in total. The van der Waals surface area contributed by atoms with Crippen molar-refractivity contribution in [3.63, 3.8) is 0 Å². The largest absolute Gasteiger partial charge is 0.338 e. The van der Waals surface area contributed by atoms with Gasteiger partial charge in [-0.25, -0.2) is 0 Å². The molecule has 0 bridgehead atoms. The third-order valence-corrected chi connectivity index (χ3v) is 5.18. The van der Waals surface area contributed by atoms with Crippen LogP contribution in [0.25, 0.3) is 10.8 Å². The van der Waals surface area contributed by atoms with Crippen molar-refractivity contribution in [1.82, 2.24) is 4.90 Å². The lowest BCUT2D eigenvalue weighted by Crippen LogP contribution is -2.34. The molecule has 0 atom stereocenters. The van der Waals surface area contributed by atoms with E-state index in [1.54, 1.807) is 0 Å². The van der Waals surface area contributed by atoms with Crippen LogP contribution in [0.1, 0.15) is 30.4 Å². The fourth-order valence-corrected chi connectivity index (χ4v) is 3.74. The number of anilines is 1. The highest BCUT2D eigenvalue weighted by Crippen LogP contribution is 2.19. The molecule has 3 aromatic carbocycles. The van der Waals surface area contributed by atoms with Crippen molar-refractivity contribution in [1.29, 1.82) is 0 Å². The number of rotatable bonds is 5. The second kappa shape index (κ2) is 8.26. The second-order valence-corrected chi connectivity index (χ2v) is 7.38. The summed E-state index contributed by atoms with van der Waals surface area (Å²) in [6, 6.07) is 22.0. The highest BCUT2D eigenvalue weighted by atomic mass is 16.2. The summed E-state index contributed by atoms with van der Waals surface area (Å²) >= 11 is 0. The summed E-state index contributed by atoms with van der Waals surface area (Å²) in [6.45, 7) is 1.42. The van der Waals surface area contributed by atoms with Crippen molar-refractivity contribution in [3.05, 3.63) is 77.9 Å². The molecule has 1 aliphatic heterocycles. The Morgan fingerprint density at radius 2 is 1.75 bits per heavy atom. The standard InChI is InChI=1S/C24H24N2O2/c27-23(16-18-11-12-20-7-1-2-8-21(20)14-18)25-22-9-5-6-19(15-22)17-26-13-4-3-10-24(26)28/h1-2,5-9,11-12,14-15H,3-4,10,13,16-17H2,(H,25,27). The summed E-state index contributed by atoms with van der Waals surface area (Å²) in [5.74, 6) is 0.179. The van der Waals surface area contributed by atoms with E-state index in [0.29, 0.717) is 19.4 Å². The van der Waals surface area contributed by atoms with Crippen molar-refractivity contribution in [2.75, 3.05) is 11.9 Å². The lowest BCUT2D eigenvalue weighted by molar-refractivity contribution is -0.133. The number of likely N-dealkylation sites (tertiary alicyclic amines) is 1. The molecule has 0 aliphatic carbocycles. The van der Waals surface area contributed by atoms with Gasteiger partial charge < -0.3 is 10.2 Å². The number of amides is 2. The maximum absolute atomic E-state index is 12.5. The third-order valence-electron chi connectivity index (χ3n) is 5.18. The topological polar surface area (TPSA) is 49.4 Å². The van der Waals surface area contributed by atoms with Gasteiger partial charge in [-0.1, -0.05) is 54.6 Å². The Morgan fingerprint density at radius 3 is 2.61 bits per heavy atom. The fraction of sp³-hybridized carbons (Fsp3) is 0.250. The first-order valence-electron chi connectivity index (χ1n) is 9.82. The Hall–Kier alpha value is -3.14. The molecule has 0 spiro atoms. The highest BCUT2D eigenvalue weighted by Gasteiger charge is 2.18. The molecular weight excluding hydrogens is 348 g/mol. The van der Waals surface area contributed by atoms with Gasteiger partial charge in [-0.3, -0.25) is 9.59 Å². The van der Waals surface area contributed by atoms with Gasteiger partial charge in [0.15, 0.2) is 0 Å². The third kappa shape index (κ3) is 4.39. The van der Waals surface area contributed by atoms with Crippen LogP contribution in [0, 0.1) is 0 Å². The van der Waals surface area contributed by atoms with Crippen LogP contribution in [0.4, 0.5) is 5.69 Å². The molecule has 1 heterocycles. The molecule has 4 rings (SSSR count). The normalized spacial score (nSPS) is 14.3. The molecule has 1 saturated heterocycles. The van der Waals surface area contributed by atoms with Gasteiger partial charge in [-0.05, 0) is 46.9 Å². The van der Waals surface area contributed by atoms with Crippen LogP contribution in [0.2, 0.25) is 0 Å². The number of hydrogen-bond acceptors (Lipinski definition) is 2. The maximum Gasteiger partial charge on any atom is 0.228 e. The Balaban J connectivity index is 1.40. The minimum absolute atomic E-state index is 0.0403. The van der Waals surface area contributed by atoms with Gasteiger partial charge in [0.05, 0.1) is 6.42 Å². The van der Waals surface area contributed by atoms with E-state index in [2.05, 4.69) is 23.5 Å². The number of nitrogens with zero attached hydrogens (tertiary/aromatic N) is 1. The van der Waals surface area contributed by atoms with Crippen LogP contribution in [0.3, 0.4) is 0 Å². The molecule has 28 heavy (non-hydrogen) atoms. The predicted molar refractivity (Wildman–Crippen MR) is 112 cm³/mol. The first kappa shape index (κ1) is 18.2. The van der Waals surface area contributed by atoms with Gasteiger partial charge in [0, 0.05) is 25.2 Å². The molecule has 4 heteroatoms. The van der Waals surface area contributed by atoms with E-state index in [1.165, 1.54) is 5.39 Å². The minimum atomic E-state index is -0.0403. The van der Waals surface area contributed by atoms with E-state index in [4.69, 9.17) is 0 Å². The number of carbonyl (C=O) groups is 2. The molecular formula is C24H24N2O2. The Bertz CT molecular complexity index is 1010. The molecule has 3 aromatic rings. The van der Waals surface area contributed by atoms with E-state index in [1.807, 2.05) is 53.4 Å². The monoisotopic (exact) mass is 372 g/mol. The summed E-state index contributed by atoms with van der Waals surface area (Å²) in [7, 11) is 0. The van der Waals surface area contributed by atoms with Gasteiger partial charge in [-0.15, -0.1) is 0 Å². The molecule has 142 valence electrons. The molecule has 0 aromatic heterocycles. The lowest BCUT2D eigenvalue weighted by Gasteiger charge is -2.26. The van der Waals surface area contributed by atoms with Crippen LogP contribution in [-0.2, 0) is 22.6 Å². The Morgan fingerprint density at radius 1 is 0.893 bits per heavy atom. The van der Waals surface area contributed by atoms with Crippen molar-refractivity contribution in [2.45, 2.75) is 32.2 Å². The molecule has 0 saturated carbocycles. The predicted octanol–water partition coefficient (Wildman–Crippen LogP) is 4.53. The van der Waals surface area contributed by atoms with Crippen molar-refractivity contribution in [3.8, 4) is 0 Å². The Kier molecular flexibility index (Phi) is 5.38. The molecule has 1 fully saturated rings. The number of nitrogens with one attached hydrogen (secondary N) is 1. The van der Waals surface area contributed by atoms with Gasteiger partial charge in [0.1, 0.15) is 0 Å². The number of fused-ring (bicyclic) bond motifs is 1. The second-order valence-electron chi connectivity index (χ2n) is 7.38. The van der Waals surface area contributed by atoms with Gasteiger partial charge in [0.2, 0.25) is 11.8 Å². The highest BCUT2D eigenvalue weighted by molar-refractivity contribution is 5.93. The zero-order valence-corrected chi connectivity index (χ0v) is 15.9. The van der Waals surface area contributed by atoms with Gasteiger partial charge in [-0.2, -0.15) is 0 Å². The zero-order valence-electron chi connectivity index (χ0n) is 15.9. The van der Waals surface area contributed by atoms with Crippen LogP contribution in [0.15, 0.2) is 66.7 Å². The van der Waals surface area contributed by atoms with E-state index in [0.717, 1.165) is 41.6 Å². The maximum atomic E-state index is 12.5. The Labute approximate surface area is 165 Å². The summed E-state index contributed by atoms with van der Waals surface area (Å²) in [5.41, 5.74) is 2.80. The van der Waals surface area contributed by atoms with Crippen LogP contribution >= 0.6 is 0 Å². The average Bonchev–Trinajstić information content (AvgIpc) is 2.70. The van der Waals surface area contributed by atoms with E-state index < -0.39 is 0 Å². The number of carbonyl (C=O) groups excluding carboxylic acids is 2. The number of benzene rings is 3. The van der Waals surface area contributed by atoms with Crippen LogP contribution in [-0.4, -0.2) is 23.3 Å². The van der Waals surface area contributed by atoms with Crippen molar-refractivity contribution >= 4 is 28.3 Å². The summed E-state index contributed by atoms with van der Waals surface area (Å²) < 4.78 is 0. The van der Waals surface area contributed by atoms with E-state index in [9.17, 15) is 9.59 Å². The quantitative estimate of drug-likeness (QED) is 0.715. The smallest absolute Gasteiger partial charge is 0.228 e. The van der Waals surface area contributed by atoms with E-state index >= 15 is 0 Å². The summed E-state index contributed by atoms with van der Waals surface area (Å²) in [4.78, 5) is 26.4. The minimum Gasteiger partial charge on any atom is -0.338 e. The first-order valence-corrected chi connectivity index (χ1v) is 9.82. The van der Waals surface area contributed by atoms with E-state index in [-0.39, 0.29) is 11.8 Å². The molecule has 4 nitrogen and oxygen atoms in total. The van der Waals surface area contributed by atoms with Crippen LogP contribution in [0.5, 0.6) is 0 Å². The summed E-state index contributed by atoms with van der Waals surface area (Å²) in [5, 5.41) is 5.30. The van der Waals surface area contributed by atoms with Crippen molar-refractivity contribution < 1.29 is 9.59 Å². The van der Waals surface area contributed by atoms with Gasteiger partial charge >= 0.3 is 0 Å². The van der Waals surface area contributed by atoms with Crippen LogP contribution < -0.4 is 5.32 Å². The first-order chi connectivity index (χ1) is 13.7. The summed E-state index contributed by atoms with van der Waals surface area (Å²) in [6.07, 6.45) is 3.02. The lowest BCUT2D eigenvalue weighted by atomic mass is 10.0. The van der Waals surface area contributed by atoms with Crippen molar-refractivity contribution in [2.24, 2.45) is 0 Å². The number of piperidine rings is 1. The molecule has 2 amide bonds. The zero-order chi connectivity index (χ0) is 19.3. The number of hydrogen-bond donors (Lipinski definition) is 1. The fourth-order valence-electron chi connectivity index (χ4n) is 3.74. The van der Waals surface area contributed by atoms with Gasteiger partial charge in [0.25, 0.3) is 0 Å². The molecule has 0 radical (unpaired) electrons. The average molecular weight is 372 g/mol. The SMILES string of the molecule is O=C(Cc1ccc2ccccc2c1)Nc1cccc(CN2CCCCC2=O)c1. The molecule has 1 aliphatic rings. The molecule has 0 unspecified atom stereocenters.